The Balaban J connectivity index is 1.89. The second kappa shape index (κ2) is 5.83. The Labute approximate surface area is 91.5 Å². The van der Waals surface area contributed by atoms with Crippen molar-refractivity contribution in [3.05, 3.63) is 0 Å². The number of nitrogens with zero attached hydrogens (tertiary/aromatic N) is 2. The lowest BCUT2D eigenvalue weighted by Gasteiger charge is -2.05. The SMILES string of the molecule is CCCCCCNC(=O)CCC1(C)N=N1. The van der Waals surface area contributed by atoms with Gasteiger partial charge in [-0.25, -0.2) is 0 Å². The molecule has 0 atom stereocenters. The van der Waals surface area contributed by atoms with E-state index in [0.29, 0.717) is 6.42 Å². The van der Waals surface area contributed by atoms with Crippen LogP contribution in [-0.2, 0) is 4.79 Å². The normalized spacial score (nSPS) is 16.4. The number of hydrogen-bond donors (Lipinski definition) is 1. The van der Waals surface area contributed by atoms with E-state index >= 15 is 0 Å². The van der Waals surface area contributed by atoms with Gasteiger partial charge in [0, 0.05) is 19.4 Å². The molecular weight excluding hydrogens is 190 g/mol. The summed E-state index contributed by atoms with van der Waals surface area (Å²) in [7, 11) is 0. The number of carbonyl (C=O) groups is 1. The van der Waals surface area contributed by atoms with Gasteiger partial charge in [-0.3, -0.25) is 4.79 Å². The lowest BCUT2D eigenvalue weighted by molar-refractivity contribution is -0.121. The molecule has 1 N–H and O–H groups in total. The fourth-order valence-electron chi connectivity index (χ4n) is 1.40. The van der Waals surface area contributed by atoms with Crippen LogP contribution in [0.15, 0.2) is 10.2 Å². The minimum atomic E-state index is -0.237. The van der Waals surface area contributed by atoms with Crippen LogP contribution in [-0.4, -0.2) is 18.1 Å². The third kappa shape index (κ3) is 5.50. The first-order chi connectivity index (χ1) is 7.16. The molecule has 4 nitrogen and oxygen atoms in total. The Kier molecular flexibility index (Phi) is 4.72. The van der Waals surface area contributed by atoms with Crippen molar-refractivity contribution in [2.45, 2.75) is 58.0 Å². The summed E-state index contributed by atoms with van der Waals surface area (Å²) < 4.78 is 0. The maximum Gasteiger partial charge on any atom is 0.220 e. The van der Waals surface area contributed by atoms with Gasteiger partial charge in [-0.15, -0.1) is 0 Å². The van der Waals surface area contributed by atoms with Crippen molar-refractivity contribution in [3.63, 3.8) is 0 Å². The number of rotatable bonds is 8. The van der Waals surface area contributed by atoms with E-state index in [-0.39, 0.29) is 11.6 Å². The fourth-order valence-corrected chi connectivity index (χ4v) is 1.40. The molecule has 4 heteroatoms. The third-order valence-electron chi connectivity index (χ3n) is 2.62. The second-order valence-corrected chi connectivity index (χ2v) is 4.33. The van der Waals surface area contributed by atoms with Crippen LogP contribution in [0.1, 0.15) is 52.4 Å². The average Bonchev–Trinajstić information content (AvgIpc) is 2.94. The monoisotopic (exact) mass is 211 g/mol. The van der Waals surface area contributed by atoms with E-state index in [1.165, 1.54) is 19.3 Å². The van der Waals surface area contributed by atoms with Crippen molar-refractivity contribution in [2.24, 2.45) is 10.2 Å². The number of hydrogen-bond acceptors (Lipinski definition) is 3. The van der Waals surface area contributed by atoms with E-state index in [1.54, 1.807) is 0 Å². The highest BCUT2D eigenvalue weighted by molar-refractivity contribution is 5.75. The third-order valence-corrected chi connectivity index (χ3v) is 2.62. The molecule has 1 rings (SSSR count). The van der Waals surface area contributed by atoms with Crippen molar-refractivity contribution in [1.82, 2.24) is 5.32 Å². The molecule has 15 heavy (non-hydrogen) atoms. The zero-order valence-electron chi connectivity index (χ0n) is 9.75. The van der Waals surface area contributed by atoms with Gasteiger partial charge >= 0.3 is 0 Å². The van der Waals surface area contributed by atoms with Gasteiger partial charge in [0.2, 0.25) is 5.91 Å². The van der Waals surface area contributed by atoms with E-state index in [1.807, 2.05) is 6.92 Å². The highest BCUT2D eigenvalue weighted by atomic mass is 16.1. The van der Waals surface area contributed by atoms with Crippen LogP contribution >= 0.6 is 0 Å². The largest absolute Gasteiger partial charge is 0.356 e. The molecule has 0 radical (unpaired) electrons. The first-order valence-electron chi connectivity index (χ1n) is 5.87. The van der Waals surface area contributed by atoms with E-state index in [0.717, 1.165) is 19.4 Å². The Hall–Kier alpha value is -0.930. The van der Waals surface area contributed by atoms with E-state index in [4.69, 9.17) is 0 Å². The maximum atomic E-state index is 11.4. The zero-order chi connectivity index (χ0) is 11.1. The fraction of sp³-hybridized carbons (Fsp3) is 0.909. The molecule has 0 aromatic heterocycles. The molecule has 1 aliphatic heterocycles. The molecule has 0 aromatic rings. The van der Waals surface area contributed by atoms with Gasteiger partial charge in [-0.2, -0.15) is 10.2 Å². The van der Waals surface area contributed by atoms with Crippen molar-refractivity contribution < 1.29 is 4.79 Å². The van der Waals surface area contributed by atoms with Crippen LogP contribution in [0, 0.1) is 0 Å². The molecule has 1 heterocycles. The van der Waals surface area contributed by atoms with Crippen molar-refractivity contribution in [2.75, 3.05) is 6.54 Å². The molecule has 86 valence electrons. The Bertz CT molecular complexity index is 232. The van der Waals surface area contributed by atoms with E-state index in [9.17, 15) is 4.79 Å². The van der Waals surface area contributed by atoms with E-state index in [2.05, 4.69) is 22.5 Å². The highest BCUT2D eigenvalue weighted by Crippen LogP contribution is 2.31. The van der Waals surface area contributed by atoms with Crippen molar-refractivity contribution >= 4 is 5.91 Å². The minimum Gasteiger partial charge on any atom is -0.356 e. The molecule has 1 amide bonds. The molecule has 0 aromatic carbocycles. The summed E-state index contributed by atoms with van der Waals surface area (Å²) in [5.74, 6) is 0.130. The van der Waals surface area contributed by atoms with Gasteiger partial charge in [0.25, 0.3) is 0 Å². The van der Waals surface area contributed by atoms with Crippen molar-refractivity contribution in [1.29, 1.82) is 0 Å². The van der Waals surface area contributed by atoms with E-state index < -0.39 is 0 Å². The van der Waals surface area contributed by atoms with Crippen LogP contribution in [0.4, 0.5) is 0 Å². The van der Waals surface area contributed by atoms with Gasteiger partial charge < -0.3 is 5.32 Å². The predicted molar refractivity (Wildman–Crippen MR) is 59.6 cm³/mol. The summed E-state index contributed by atoms with van der Waals surface area (Å²) in [6, 6.07) is 0. The molecular formula is C11H21N3O. The first-order valence-corrected chi connectivity index (χ1v) is 5.87. The summed E-state index contributed by atoms with van der Waals surface area (Å²) in [5, 5.41) is 10.7. The predicted octanol–water partition coefficient (Wildman–Crippen LogP) is 2.65. The van der Waals surface area contributed by atoms with Crippen LogP contribution in [0.2, 0.25) is 0 Å². The average molecular weight is 211 g/mol. The molecule has 0 unspecified atom stereocenters. The smallest absolute Gasteiger partial charge is 0.220 e. The maximum absolute atomic E-state index is 11.4. The summed E-state index contributed by atoms with van der Waals surface area (Å²) in [5.41, 5.74) is -0.237. The Morgan fingerprint density at radius 3 is 2.60 bits per heavy atom. The van der Waals surface area contributed by atoms with Crippen LogP contribution in [0.5, 0.6) is 0 Å². The molecule has 1 aliphatic rings. The molecule has 0 bridgehead atoms. The summed E-state index contributed by atoms with van der Waals surface area (Å²) in [6.45, 7) is 4.94. The standard InChI is InChI=1S/C11H21N3O/c1-3-4-5-6-9-12-10(15)7-8-11(2)13-14-11/h3-9H2,1-2H3,(H,12,15). The number of nitrogens with one attached hydrogen (secondary N) is 1. The number of amides is 1. The van der Waals surface area contributed by atoms with Crippen LogP contribution in [0.3, 0.4) is 0 Å². The summed E-state index contributed by atoms with van der Waals surface area (Å²) in [4.78, 5) is 11.4. The quantitative estimate of drug-likeness (QED) is 0.616. The highest BCUT2D eigenvalue weighted by Gasteiger charge is 2.33. The molecule has 0 saturated carbocycles. The molecule has 0 fully saturated rings. The van der Waals surface area contributed by atoms with Crippen LogP contribution in [0.25, 0.3) is 0 Å². The van der Waals surface area contributed by atoms with Crippen LogP contribution < -0.4 is 5.32 Å². The Morgan fingerprint density at radius 1 is 1.27 bits per heavy atom. The second-order valence-electron chi connectivity index (χ2n) is 4.33. The lowest BCUT2D eigenvalue weighted by atomic mass is 10.1. The van der Waals surface area contributed by atoms with Gasteiger partial charge in [0.1, 0.15) is 0 Å². The molecule has 0 spiro atoms. The lowest BCUT2D eigenvalue weighted by Crippen LogP contribution is -2.25. The summed E-state index contributed by atoms with van der Waals surface area (Å²) in [6.07, 6.45) is 6.07. The van der Waals surface area contributed by atoms with Gasteiger partial charge in [0.15, 0.2) is 5.66 Å². The van der Waals surface area contributed by atoms with Crippen molar-refractivity contribution in [3.8, 4) is 0 Å². The number of carbonyl (C=O) groups excluding carboxylic acids is 1. The Morgan fingerprint density at radius 2 is 2.00 bits per heavy atom. The van der Waals surface area contributed by atoms with Gasteiger partial charge in [0.05, 0.1) is 0 Å². The first kappa shape index (κ1) is 12.1. The summed E-state index contributed by atoms with van der Waals surface area (Å²) >= 11 is 0. The molecule has 0 saturated heterocycles. The zero-order valence-corrected chi connectivity index (χ0v) is 9.75. The minimum absolute atomic E-state index is 0.130. The van der Waals surface area contributed by atoms with Gasteiger partial charge in [-0.1, -0.05) is 26.2 Å². The number of unbranched alkanes of at least 4 members (excludes halogenated alkanes) is 3. The topological polar surface area (TPSA) is 53.8 Å². The van der Waals surface area contributed by atoms with Gasteiger partial charge in [-0.05, 0) is 13.3 Å². The molecule has 0 aliphatic carbocycles.